The number of carbonyl (C=O) groups is 1. The molecule has 138 valence electrons. The van der Waals surface area contributed by atoms with Gasteiger partial charge in [-0.2, -0.15) is 17.0 Å². The first kappa shape index (κ1) is 18.3. The molecule has 2 heterocycles. The van der Waals surface area contributed by atoms with Gasteiger partial charge in [-0.05, 0) is 37.0 Å². The van der Waals surface area contributed by atoms with Crippen LogP contribution < -0.4 is 0 Å². The highest BCUT2D eigenvalue weighted by Crippen LogP contribution is 2.18. The molecule has 8 heteroatoms. The van der Waals surface area contributed by atoms with Crippen LogP contribution in [0.1, 0.15) is 24.8 Å². The lowest BCUT2D eigenvalue weighted by Gasteiger charge is -2.26. The fourth-order valence-electron chi connectivity index (χ4n) is 3.39. The molecule has 2 aliphatic rings. The molecule has 0 spiro atoms. The smallest absolute Gasteiger partial charge is 0.282 e. The Morgan fingerprint density at radius 1 is 0.960 bits per heavy atom. The van der Waals surface area contributed by atoms with Crippen molar-refractivity contribution in [3.63, 3.8) is 0 Å². The molecular weight excluding hydrogens is 345 g/mol. The average molecular weight is 369 g/mol. The summed E-state index contributed by atoms with van der Waals surface area (Å²) in [6.45, 7) is 2.82. The highest BCUT2D eigenvalue weighted by Gasteiger charge is 2.33. The third-order valence-corrected chi connectivity index (χ3v) is 6.81. The van der Waals surface area contributed by atoms with Crippen LogP contribution in [0, 0.1) is 5.82 Å². The molecule has 3 rings (SSSR count). The molecule has 2 fully saturated rings. The van der Waals surface area contributed by atoms with Crippen LogP contribution in [-0.4, -0.2) is 67.1 Å². The van der Waals surface area contributed by atoms with Crippen LogP contribution >= 0.6 is 0 Å². The van der Waals surface area contributed by atoms with Crippen LogP contribution in [0.5, 0.6) is 0 Å². The zero-order valence-electron chi connectivity index (χ0n) is 14.2. The molecule has 0 bridgehead atoms. The highest BCUT2D eigenvalue weighted by atomic mass is 32.2. The Labute approximate surface area is 148 Å². The molecule has 0 aromatic heterocycles. The van der Waals surface area contributed by atoms with Crippen molar-refractivity contribution < 1.29 is 17.6 Å². The van der Waals surface area contributed by atoms with Crippen molar-refractivity contribution in [2.45, 2.75) is 25.7 Å². The number of nitrogens with zero attached hydrogens (tertiary/aromatic N) is 3. The fraction of sp³-hybridized carbons (Fsp3) is 0.588. The van der Waals surface area contributed by atoms with E-state index in [2.05, 4.69) is 0 Å². The predicted molar refractivity (Wildman–Crippen MR) is 92.6 cm³/mol. The van der Waals surface area contributed by atoms with Crippen LogP contribution in [0.3, 0.4) is 0 Å². The summed E-state index contributed by atoms with van der Waals surface area (Å²) in [6, 6.07) is 6.02. The van der Waals surface area contributed by atoms with Crippen molar-refractivity contribution in [3.8, 4) is 0 Å². The van der Waals surface area contributed by atoms with E-state index in [-0.39, 0.29) is 18.1 Å². The summed E-state index contributed by atoms with van der Waals surface area (Å²) in [6.07, 6.45) is 2.56. The Bertz CT molecular complexity index is 720. The maximum absolute atomic E-state index is 13.3. The monoisotopic (exact) mass is 369 g/mol. The van der Waals surface area contributed by atoms with E-state index in [1.807, 2.05) is 0 Å². The summed E-state index contributed by atoms with van der Waals surface area (Å²) in [5, 5.41) is 0. The van der Waals surface area contributed by atoms with E-state index in [0.29, 0.717) is 51.3 Å². The number of halogens is 1. The molecule has 2 saturated heterocycles. The van der Waals surface area contributed by atoms with E-state index in [9.17, 15) is 17.6 Å². The summed E-state index contributed by atoms with van der Waals surface area (Å²) in [5.74, 6) is -0.449. The zero-order valence-corrected chi connectivity index (χ0v) is 15.0. The molecule has 25 heavy (non-hydrogen) atoms. The van der Waals surface area contributed by atoms with Crippen molar-refractivity contribution >= 4 is 16.1 Å². The van der Waals surface area contributed by atoms with Gasteiger partial charge in [-0.15, -0.1) is 0 Å². The summed E-state index contributed by atoms with van der Waals surface area (Å²) >= 11 is 0. The van der Waals surface area contributed by atoms with Gasteiger partial charge in [0, 0.05) is 39.3 Å². The topological polar surface area (TPSA) is 60.9 Å². The van der Waals surface area contributed by atoms with E-state index in [4.69, 9.17) is 0 Å². The third kappa shape index (κ3) is 4.37. The molecule has 6 nitrogen and oxygen atoms in total. The Hall–Kier alpha value is -1.51. The number of carbonyl (C=O) groups excluding carboxylic acids is 1. The zero-order chi connectivity index (χ0) is 17.9. The Kier molecular flexibility index (Phi) is 5.71. The summed E-state index contributed by atoms with van der Waals surface area (Å²) in [7, 11) is -3.42. The number of hydrogen-bond acceptors (Lipinski definition) is 3. The minimum atomic E-state index is -3.42. The second-order valence-corrected chi connectivity index (χ2v) is 8.48. The van der Waals surface area contributed by atoms with Crippen molar-refractivity contribution in [2.24, 2.45) is 0 Å². The van der Waals surface area contributed by atoms with Crippen LogP contribution in [0.15, 0.2) is 24.3 Å². The van der Waals surface area contributed by atoms with Gasteiger partial charge in [0.15, 0.2) is 0 Å². The van der Waals surface area contributed by atoms with Gasteiger partial charge in [0.2, 0.25) is 5.91 Å². The third-order valence-electron chi connectivity index (χ3n) is 4.77. The lowest BCUT2D eigenvalue weighted by molar-refractivity contribution is -0.130. The Morgan fingerprint density at radius 3 is 2.36 bits per heavy atom. The molecule has 0 atom stereocenters. The van der Waals surface area contributed by atoms with Crippen LogP contribution in [0.2, 0.25) is 0 Å². The number of benzene rings is 1. The first-order valence-corrected chi connectivity index (χ1v) is 10.1. The van der Waals surface area contributed by atoms with Crippen LogP contribution in [0.4, 0.5) is 4.39 Å². The van der Waals surface area contributed by atoms with Gasteiger partial charge in [0.1, 0.15) is 5.82 Å². The largest absolute Gasteiger partial charge is 0.341 e. The second kappa shape index (κ2) is 7.80. The van der Waals surface area contributed by atoms with Gasteiger partial charge in [0.05, 0.1) is 6.42 Å². The molecule has 1 aromatic rings. The van der Waals surface area contributed by atoms with E-state index >= 15 is 0 Å². The van der Waals surface area contributed by atoms with Crippen molar-refractivity contribution in [1.29, 1.82) is 0 Å². The maximum atomic E-state index is 13.3. The molecule has 2 aliphatic heterocycles. The van der Waals surface area contributed by atoms with Crippen molar-refractivity contribution in [1.82, 2.24) is 13.5 Å². The van der Waals surface area contributed by atoms with E-state index in [1.54, 1.807) is 17.0 Å². The van der Waals surface area contributed by atoms with Crippen LogP contribution in [-0.2, 0) is 21.4 Å². The van der Waals surface area contributed by atoms with E-state index < -0.39 is 10.2 Å². The van der Waals surface area contributed by atoms with E-state index in [1.165, 1.54) is 20.7 Å². The maximum Gasteiger partial charge on any atom is 0.282 e. The summed E-state index contributed by atoms with van der Waals surface area (Å²) in [5.41, 5.74) is 0.635. The van der Waals surface area contributed by atoms with Crippen LogP contribution in [0.25, 0.3) is 0 Å². The average Bonchev–Trinajstić information content (AvgIpc) is 3.00. The lowest BCUT2D eigenvalue weighted by Crippen LogP contribution is -2.44. The highest BCUT2D eigenvalue weighted by molar-refractivity contribution is 7.86. The molecule has 0 N–H and O–H groups in total. The number of amides is 1. The lowest BCUT2D eigenvalue weighted by atomic mass is 10.1. The quantitative estimate of drug-likeness (QED) is 0.802. The molecule has 0 aliphatic carbocycles. The first-order valence-electron chi connectivity index (χ1n) is 8.74. The first-order chi connectivity index (χ1) is 12.0. The summed E-state index contributed by atoms with van der Waals surface area (Å²) in [4.78, 5) is 14.2. The molecule has 0 unspecified atom stereocenters. The molecule has 0 radical (unpaired) electrons. The minimum absolute atomic E-state index is 0.0916. The minimum Gasteiger partial charge on any atom is -0.341 e. The standard InChI is InChI=1S/C17H24FN3O3S/c18-16-6-3-5-15(13-16)14-17(22)19-7-4-10-21(12-11-19)25(23,24)20-8-1-2-9-20/h3,5-6,13H,1-2,4,7-12,14H2. The van der Waals surface area contributed by atoms with Gasteiger partial charge in [-0.25, -0.2) is 4.39 Å². The number of rotatable bonds is 4. The normalized spacial score (nSPS) is 20.6. The van der Waals surface area contributed by atoms with Gasteiger partial charge >= 0.3 is 0 Å². The molecule has 0 saturated carbocycles. The van der Waals surface area contributed by atoms with Crippen molar-refractivity contribution in [3.05, 3.63) is 35.6 Å². The Balaban J connectivity index is 1.60. The van der Waals surface area contributed by atoms with E-state index in [0.717, 1.165) is 12.8 Å². The Morgan fingerprint density at radius 2 is 1.64 bits per heavy atom. The van der Waals surface area contributed by atoms with Gasteiger partial charge in [0.25, 0.3) is 10.2 Å². The fourth-order valence-corrected chi connectivity index (χ4v) is 5.11. The SMILES string of the molecule is O=C(Cc1cccc(F)c1)N1CCCN(S(=O)(=O)N2CCCC2)CC1. The molecule has 1 aromatic carbocycles. The molecule has 1 amide bonds. The second-order valence-electron chi connectivity index (χ2n) is 6.55. The summed E-state index contributed by atoms with van der Waals surface area (Å²) < 4.78 is 41.6. The van der Waals surface area contributed by atoms with Gasteiger partial charge in [-0.1, -0.05) is 12.1 Å². The van der Waals surface area contributed by atoms with Gasteiger partial charge in [-0.3, -0.25) is 4.79 Å². The predicted octanol–water partition coefficient (Wildman–Crippen LogP) is 1.24. The number of hydrogen-bond donors (Lipinski definition) is 0. The van der Waals surface area contributed by atoms with Crippen molar-refractivity contribution in [2.75, 3.05) is 39.3 Å². The van der Waals surface area contributed by atoms with Gasteiger partial charge < -0.3 is 4.90 Å². The molecular formula is C17H24FN3O3S.